The molecule has 0 unspecified atom stereocenters. The van der Waals surface area contributed by atoms with Gasteiger partial charge in [0.05, 0.1) is 12.6 Å². The number of anilines is 1. The zero-order chi connectivity index (χ0) is 17.5. The van der Waals surface area contributed by atoms with Gasteiger partial charge in [0.2, 0.25) is 0 Å². The summed E-state index contributed by atoms with van der Waals surface area (Å²) in [6.45, 7) is 4.49. The number of rotatable bonds is 8. The van der Waals surface area contributed by atoms with Crippen LogP contribution in [0.15, 0.2) is 18.2 Å². The predicted octanol–water partition coefficient (Wildman–Crippen LogP) is 3.95. The molecule has 0 aliphatic rings. The Balaban J connectivity index is 2.72. The van der Waals surface area contributed by atoms with Crippen LogP contribution in [0.25, 0.3) is 0 Å². The maximum atomic E-state index is 12.2. The van der Waals surface area contributed by atoms with Gasteiger partial charge in [0.25, 0.3) is 0 Å². The van der Waals surface area contributed by atoms with Gasteiger partial charge in [0.1, 0.15) is 5.75 Å². The second-order valence-corrected chi connectivity index (χ2v) is 5.79. The Bertz CT molecular complexity index is 548. The van der Waals surface area contributed by atoms with Crippen molar-refractivity contribution in [2.24, 2.45) is 0 Å². The number of nitrogens with one attached hydrogen (secondary N) is 2. The van der Waals surface area contributed by atoms with Crippen LogP contribution in [-0.2, 0) is 6.54 Å². The third-order valence-corrected chi connectivity index (χ3v) is 3.35. The van der Waals surface area contributed by atoms with Crippen LogP contribution in [0.3, 0.4) is 0 Å². The molecule has 0 aliphatic heterocycles. The fourth-order valence-electron chi connectivity index (χ4n) is 1.89. The van der Waals surface area contributed by atoms with Crippen LogP contribution in [0.1, 0.15) is 32.3 Å². The van der Waals surface area contributed by atoms with E-state index in [0.29, 0.717) is 12.3 Å². The lowest BCUT2D eigenvalue weighted by atomic mass is 10.1. The summed E-state index contributed by atoms with van der Waals surface area (Å²) in [5, 5.41) is 6.26. The Morgan fingerprint density at radius 3 is 2.52 bits per heavy atom. The lowest BCUT2D eigenvalue weighted by Gasteiger charge is -2.21. The van der Waals surface area contributed by atoms with Gasteiger partial charge in [-0.2, -0.15) is 13.2 Å². The number of terminal acetylenes is 1. The summed E-state index contributed by atoms with van der Waals surface area (Å²) in [6, 6.07) is 5.40. The van der Waals surface area contributed by atoms with E-state index in [1.54, 1.807) is 19.2 Å². The molecule has 0 bridgehead atoms. The van der Waals surface area contributed by atoms with Gasteiger partial charge in [-0.05, 0) is 44.0 Å². The summed E-state index contributed by atoms with van der Waals surface area (Å²) >= 11 is 0. The van der Waals surface area contributed by atoms with E-state index in [2.05, 4.69) is 16.6 Å². The number of alkyl halides is 3. The fraction of sp³-hybridized carbons (Fsp3) is 0.529. The summed E-state index contributed by atoms with van der Waals surface area (Å²) in [5.74, 6) is 3.32. The first-order valence-electron chi connectivity index (χ1n) is 7.37. The molecule has 1 rings (SSSR count). The smallest absolute Gasteiger partial charge is 0.389 e. The third-order valence-electron chi connectivity index (χ3n) is 3.35. The van der Waals surface area contributed by atoms with Gasteiger partial charge in [-0.25, -0.2) is 0 Å². The second-order valence-electron chi connectivity index (χ2n) is 5.79. The van der Waals surface area contributed by atoms with Gasteiger partial charge in [-0.3, -0.25) is 5.32 Å². The number of halogens is 3. The number of hydrogen-bond donors (Lipinski definition) is 2. The number of hydrogen-bond acceptors (Lipinski definition) is 3. The summed E-state index contributed by atoms with van der Waals surface area (Å²) in [7, 11) is 1.56. The molecule has 0 fully saturated rings. The maximum Gasteiger partial charge on any atom is 0.389 e. The van der Waals surface area contributed by atoms with Gasteiger partial charge in [0, 0.05) is 25.2 Å². The van der Waals surface area contributed by atoms with E-state index in [0.717, 1.165) is 11.3 Å². The summed E-state index contributed by atoms with van der Waals surface area (Å²) in [4.78, 5) is 0. The molecule has 1 aromatic rings. The van der Waals surface area contributed by atoms with Crippen LogP contribution >= 0.6 is 0 Å². The first kappa shape index (κ1) is 19.2. The van der Waals surface area contributed by atoms with Crippen molar-refractivity contribution in [1.82, 2.24) is 5.32 Å². The standard InChI is InChI=1S/C17H23F3N2O/c1-5-16(2,3)22-12-13-11-14(23-4)7-8-15(13)21-10-6-9-17(18,19)20/h1,7-8,11,21-22H,6,9-10,12H2,2-4H3. The molecule has 0 saturated heterocycles. The molecular weight excluding hydrogens is 305 g/mol. The molecular formula is C17H23F3N2O. The van der Waals surface area contributed by atoms with E-state index in [1.165, 1.54) is 0 Å². The summed E-state index contributed by atoms with van der Waals surface area (Å²) in [5.41, 5.74) is 1.18. The van der Waals surface area contributed by atoms with Crippen molar-refractivity contribution < 1.29 is 17.9 Å². The van der Waals surface area contributed by atoms with Crippen LogP contribution in [-0.4, -0.2) is 25.4 Å². The molecule has 2 N–H and O–H groups in total. The highest BCUT2D eigenvalue weighted by molar-refractivity contribution is 5.54. The van der Waals surface area contributed by atoms with Crippen molar-refractivity contribution in [1.29, 1.82) is 0 Å². The average molecular weight is 328 g/mol. The normalized spacial score (nSPS) is 11.9. The van der Waals surface area contributed by atoms with Crippen LogP contribution in [0, 0.1) is 12.3 Å². The lowest BCUT2D eigenvalue weighted by molar-refractivity contribution is -0.134. The highest BCUT2D eigenvalue weighted by atomic mass is 19.4. The zero-order valence-electron chi connectivity index (χ0n) is 13.7. The Morgan fingerprint density at radius 2 is 1.96 bits per heavy atom. The topological polar surface area (TPSA) is 33.3 Å². The van der Waals surface area contributed by atoms with Gasteiger partial charge in [0.15, 0.2) is 0 Å². The summed E-state index contributed by atoms with van der Waals surface area (Å²) in [6.07, 6.45) is 0.550. The first-order chi connectivity index (χ1) is 10.7. The van der Waals surface area contributed by atoms with Gasteiger partial charge in [-0.15, -0.1) is 6.42 Å². The van der Waals surface area contributed by atoms with E-state index in [-0.39, 0.29) is 13.0 Å². The van der Waals surface area contributed by atoms with Crippen molar-refractivity contribution in [2.45, 2.75) is 44.9 Å². The van der Waals surface area contributed by atoms with Crippen molar-refractivity contribution in [3.8, 4) is 18.1 Å². The first-order valence-corrected chi connectivity index (χ1v) is 7.37. The van der Waals surface area contributed by atoms with Crippen molar-refractivity contribution in [3.05, 3.63) is 23.8 Å². The summed E-state index contributed by atoms with van der Waals surface area (Å²) < 4.78 is 41.7. The minimum absolute atomic E-state index is 0.0260. The van der Waals surface area contributed by atoms with E-state index >= 15 is 0 Å². The number of benzene rings is 1. The molecule has 0 heterocycles. The maximum absolute atomic E-state index is 12.2. The second kappa shape index (κ2) is 8.11. The van der Waals surface area contributed by atoms with E-state index < -0.39 is 18.1 Å². The Hall–Kier alpha value is -1.87. The van der Waals surface area contributed by atoms with Gasteiger partial charge < -0.3 is 10.1 Å². The predicted molar refractivity (Wildman–Crippen MR) is 86.5 cm³/mol. The Kier molecular flexibility index (Phi) is 6.77. The highest BCUT2D eigenvalue weighted by Crippen LogP contribution is 2.24. The average Bonchev–Trinajstić information content (AvgIpc) is 2.49. The molecule has 1 aromatic carbocycles. The SMILES string of the molecule is C#CC(C)(C)NCc1cc(OC)ccc1NCCCC(F)(F)F. The molecule has 23 heavy (non-hydrogen) atoms. The van der Waals surface area contributed by atoms with Crippen LogP contribution in [0.4, 0.5) is 18.9 Å². The van der Waals surface area contributed by atoms with E-state index in [4.69, 9.17) is 11.2 Å². The third kappa shape index (κ3) is 7.29. The van der Waals surface area contributed by atoms with Crippen molar-refractivity contribution >= 4 is 5.69 Å². The molecule has 3 nitrogen and oxygen atoms in total. The minimum atomic E-state index is -4.12. The van der Waals surface area contributed by atoms with E-state index in [9.17, 15) is 13.2 Å². The van der Waals surface area contributed by atoms with Crippen LogP contribution in [0.2, 0.25) is 0 Å². The quantitative estimate of drug-likeness (QED) is 0.560. The molecule has 0 spiro atoms. The fourth-order valence-corrected chi connectivity index (χ4v) is 1.89. The molecule has 0 amide bonds. The molecule has 6 heteroatoms. The molecule has 0 radical (unpaired) electrons. The van der Waals surface area contributed by atoms with Crippen molar-refractivity contribution in [3.63, 3.8) is 0 Å². The van der Waals surface area contributed by atoms with Crippen LogP contribution < -0.4 is 15.4 Å². The number of methoxy groups -OCH3 is 1. The minimum Gasteiger partial charge on any atom is -0.497 e. The Labute approximate surface area is 135 Å². The monoisotopic (exact) mass is 328 g/mol. The molecule has 128 valence electrons. The largest absolute Gasteiger partial charge is 0.497 e. The molecule has 0 aromatic heterocycles. The number of ether oxygens (including phenoxy) is 1. The van der Waals surface area contributed by atoms with E-state index in [1.807, 2.05) is 19.9 Å². The highest BCUT2D eigenvalue weighted by Gasteiger charge is 2.25. The van der Waals surface area contributed by atoms with Crippen LogP contribution in [0.5, 0.6) is 5.75 Å². The van der Waals surface area contributed by atoms with Gasteiger partial charge >= 0.3 is 6.18 Å². The molecule has 0 aliphatic carbocycles. The Morgan fingerprint density at radius 1 is 1.26 bits per heavy atom. The zero-order valence-corrected chi connectivity index (χ0v) is 13.7. The molecule has 0 saturated carbocycles. The molecule has 0 atom stereocenters. The van der Waals surface area contributed by atoms with Gasteiger partial charge in [-0.1, -0.05) is 5.92 Å². The van der Waals surface area contributed by atoms with Crippen molar-refractivity contribution in [2.75, 3.05) is 19.0 Å². The lowest BCUT2D eigenvalue weighted by Crippen LogP contribution is -2.37.